The molecule has 0 spiro atoms. The highest BCUT2D eigenvalue weighted by atomic mass is 19.4. The summed E-state index contributed by atoms with van der Waals surface area (Å²) in [7, 11) is 0. The van der Waals surface area contributed by atoms with Crippen LogP contribution in [0.1, 0.15) is 23.3 Å². The number of aliphatic hydroxyl groups is 2. The van der Waals surface area contributed by atoms with E-state index in [9.17, 15) is 32.6 Å². The fraction of sp³-hybridized carbons (Fsp3) is 0.286. The Morgan fingerprint density at radius 1 is 1.24 bits per heavy atom. The third-order valence-corrected chi connectivity index (χ3v) is 5.26. The second-order valence-electron chi connectivity index (χ2n) is 7.45. The third kappa shape index (κ3) is 4.39. The predicted molar refractivity (Wildman–Crippen MR) is 107 cm³/mol. The molecule has 33 heavy (non-hydrogen) atoms. The van der Waals surface area contributed by atoms with Gasteiger partial charge in [-0.25, -0.2) is 14.1 Å². The number of nitrogens with zero attached hydrogens (tertiary/aromatic N) is 4. The van der Waals surface area contributed by atoms with Crippen LogP contribution in [0.15, 0.2) is 48.9 Å². The molecule has 1 unspecified atom stereocenters. The van der Waals surface area contributed by atoms with Crippen molar-refractivity contribution < 1.29 is 37.3 Å². The van der Waals surface area contributed by atoms with Gasteiger partial charge in [0.2, 0.25) is 0 Å². The minimum atomic E-state index is -4.83. The van der Waals surface area contributed by atoms with Crippen molar-refractivity contribution in [1.29, 1.82) is 0 Å². The number of likely N-dealkylation sites (tertiary alicyclic amines) is 1. The van der Waals surface area contributed by atoms with Crippen LogP contribution in [-0.4, -0.2) is 61.8 Å². The lowest BCUT2D eigenvalue weighted by molar-refractivity contribution is -0.274. The number of amides is 1. The van der Waals surface area contributed by atoms with Gasteiger partial charge < -0.3 is 19.8 Å². The van der Waals surface area contributed by atoms with Gasteiger partial charge in [-0.1, -0.05) is 6.58 Å². The van der Waals surface area contributed by atoms with E-state index in [0.29, 0.717) is 28.0 Å². The molecule has 174 valence electrons. The number of halogens is 4. The van der Waals surface area contributed by atoms with E-state index < -0.39 is 36.6 Å². The molecule has 0 saturated carbocycles. The lowest BCUT2D eigenvalue weighted by atomic mass is 9.92. The highest BCUT2D eigenvalue weighted by molar-refractivity contribution is 5.92. The number of carbonyl (C=O) groups is 1. The summed E-state index contributed by atoms with van der Waals surface area (Å²) >= 11 is 0. The molecule has 3 heterocycles. The van der Waals surface area contributed by atoms with Gasteiger partial charge in [0.1, 0.15) is 11.9 Å². The molecule has 8 nitrogen and oxygen atoms in total. The molecule has 1 aliphatic heterocycles. The molecule has 0 aliphatic carbocycles. The number of hydrogen-bond donors (Lipinski definition) is 2. The molecule has 2 aromatic heterocycles. The topological polar surface area (TPSA) is 101 Å². The van der Waals surface area contributed by atoms with Crippen molar-refractivity contribution in [2.45, 2.75) is 18.4 Å². The molecule has 0 radical (unpaired) electrons. The van der Waals surface area contributed by atoms with Gasteiger partial charge in [0.05, 0.1) is 18.0 Å². The Labute approximate surface area is 184 Å². The van der Waals surface area contributed by atoms with Gasteiger partial charge in [-0.15, -0.1) is 13.2 Å². The van der Waals surface area contributed by atoms with E-state index in [1.807, 2.05) is 0 Å². The summed E-state index contributed by atoms with van der Waals surface area (Å²) in [5.74, 6) is -2.64. The number of hydrogen-bond acceptors (Lipinski definition) is 6. The third-order valence-electron chi connectivity index (χ3n) is 5.26. The van der Waals surface area contributed by atoms with Gasteiger partial charge in [-0.2, -0.15) is 5.10 Å². The summed E-state index contributed by atoms with van der Waals surface area (Å²) in [5.41, 5.74) is 1.46. The lowest BCUT2D eigenvalue weighted by Crippen LogP contribution is -2.48. The Hall–Kier alpha value is -3.51. The van der Waals surface area contributed by atoms with Crippen LogP contribution in [0, 0.1) is 0 Å². The first-order valence-electron chi connectivity index (χ1n) is 9.75. The second-order valence-corrected chi connectivity index (χ2v) is 7.45. The average Bonchev–Trinajstić information content (AvgIpc) is 3.11. The predicted octanol–water partition coefficient (Wildman–Crippen LogP) is 2.75. The number of aromatic nitrogens is 3. The van der Waals surface area contributed by atoms with Crippen LogP contribution in [0.3, 0.4) is 0 Å². The standard InChI is InChI=1S/C21H18F4N4O4/c1-11(22)20(32)28-8-12(9-28)18-17-15(16(31)10-30)6-7-26-19(17)29(27-18)13-2-4-14(5-3-13)33-21(23,24)25/h2-7,12,16,30-31H,1,8-10H2. The summed E-state index contributed by atoms with van der Waals surface area (Å²) in [5, 5.41) is 24.7. The lowest BCUT2D eigenvalue weighted by Gasteiger charge is -2.38. The molecule has 1 atom stereocenters. The van der Waals surface area contributed by atoms with E-state index in [1.54, 1.807) is 0 Å². The fourth-order valence-corrected chi connectivity index (χ4v) is 3.71. The largest absolute Gasteiger partial charge is 0.573 e. The minimum absolute atomic E-state index is 0.149. The Morgan fingerprint density at radius 2 is 1.91 bits per heavy atom. The monoisotopic (exact) mass is 466 g/mol. The number of pyridine rings is 1. The fourth-order valence-electron chi connectivity index (χ4n) is 3.71. The second kappa shape index (κ2) is 8.45. The normalized spacial score (nSPS) is 15.4. The molecule has 12 heteroatoms. The summed E-state index contributed by atoms with van der Waals surface area (Å²) < 4.78 is 55.8. The van der Waals surface area contributed by atoms with Crippen molar-refractivity contribution >= 4 is 16.9 Å². The van der Waals surface area contributed by atoms with Gasteiger partial charge in [0.15, 0.2) is 11.5 Å². The van der Waals surface area contributed by atoms with E-state index >= 15 is 0 Å². The van der Waals surface area contributed by atoms with E-state index in [1.165, 1.54) is 34.0 Å². The number of ether oxygens (including phenoxy) is 1. The molecule has 1 aromatic carbocycles. The zero-order chi connectivity index (χ0) is 23.9. The molecule has 4 rings (SSSR count). The maximum Gasteiger partial charge on any atom is 0.573 e. The molecule has 3 aromatic rings. The number of carbonyl (C=O) groups excluding carboxylic acids is 1. The van der Waals surface area contributed by atoms with E-state index in [-0.39, 0.29) is 19.0 Å². The van der Waals surface area contributed by atoms with E-state index in [0.717, 1.165) is 12.1 Å². The summed E-state index contributed by atoms with van der Waals surface area (Å²) in [6.07, 6.45) is -4.66. The van der Waals surface area contributed by atoms with Gasteiger partial charge in [-0.3, -0.25) is 4.79 Å². The molecule has 1 amide bonds. The van der Waals surface area contributed by atoms with Gasteiger partial charge in [0, 0.05) is 30.6 Å². The van der Waals surface area contributed by atoms with Crippen molar-refractivity contribution in [3.63, 3.8) is 0 Å². The quantitative estimate of drug-likeness (QED) is 0.428. The molecule has 1 fully saturated rings. The van der Waals surface area contributed by atoms with Crippen LogP contribution >= 0.6 is 0 Å². The van der Waals surface area contributed by atoms with E-state index in [4.69, 9.17) is 0 Å². The first kappa shape index (κ1) is 22.7. The van der Waals surface area contributed by atoms with Crippen LogP contribution < -0.4 is 4.74 Å². The van der Waals surface area contributed by atoms with Crippen molar-refractivity contribution in [3.05, 3.63) is 60.2 Å². The van der Waals surface area contributed by atoms with Crippen molar-refractivity contribution in [1.82, 2.24) is 19.7 Å². The van der Waals surface area contributed by atoms with Gasteiger partial charge in [0.25, 0.3) is 5.91 Å². The smallest absolute Gasteiger partial charge is 0.406 e. The number of rotatable bonds is 6. The zero-order valence-corrected chi connectivity index (χ0v) is 17.0. The Morgan fingerprint density at radius 3 is 2.48 bits per heavy atom. The summed E-state index contributed by atoms with van der Waals surface area (Å²) in [6, 6.07) is 6.48. The maximum absolute atomic E-state index is 13.2. The summed E-state index contributed by atoms with van der Waals surface area (Å²) in [4.78, 5) is 17.3. The molecular formula is C21H18F4N4O4. The molecule has 1 aliphatic rings. The number of fused-ring (bicyclic) bond motifs is 1. The van der Waals surface area contributed by atoms with Crippen LogP contribution in [0.2, 0.25) is 0 Å². The van der Waals surface area contributed by atoms with Gasteiger partial charge in [-0.05, 0) is 35.9 Å². The van der Waals surface area contributed by atoms with Crippen molar-refractivity contribution in [2.75, 3.05) is 19.7 Å². The first-order valence-corrected chi connectivity index (χ1v) is 9.75. The molecule has 2 N–H and O–H groups in total. The Kier molecular flexibility index (Phi) is 5.80. The average molecular weight is 466 g/mol. The van der Waals surface area contributed by atoms with Gasteiger partial charge >= 0.3 is 6.36 Å². The van der Waals surface area contributed by atoms with Crippen molar-refractivity contribution in [2.24, 2.45) is 0 Å². The first-order chi connectivity index (χ1) is 15.6. The molecule has 0 bridgehead atoms. The van der Waals surface area contributed by atoms with Crippen LogP contribution in [0.5, 0.6) is 5.75 Å². The SMILES string of the molecule is C=C(F)C(=O)N1CC(c2nn(-c3ccc(OC(F)(F)F)cc3)c3nccc(C(O)CO)c23)C1. The van der Waals surface area contributed by atoms with Crippen LogP contribution in [0.25, 0.3) is 16.7 Å². The number of benzene rings is 1. The van der Waals surface area contributed by atoms with Crippen LogP contribution in [0.4, 0.5) is 17.6 Å². The highest BCUT2D eigenvalue weighted by Gasteiger charge is 2.37. The highest BCUT2D eigenvalue weighted by Crippen LogP contribution is 2.36. The molecular weight excluding hydrogens is 448 g/mol. The van der Waals surface area contributed by atoms with E-state index in [2.05, 4.69) is 21.4 Å². The zero-order valence-electron chi connectivity index (χ0n) is 17.0. The van der Waals surface area contributed by atoms with Crippen LogP contribution in [-0.2, 0) is 4.79 Å². The number of alkyl halides is 3. The summed E-state index contributed by atoms with van der Waals surface area (Å²) in [6.45, 7) is 2.73. The minimum Gasteiger partial charge on any atom is -0.406 e. The Balaban J connectivity index is 1.76. The Bertz CT molecular complexity index is 1200. The molecule has 1 saturated heterocycles. The maximum atomic E-state index is 13.2. The van der Waals surface area contributed by atoms with Crippen molar-refractivity contribution in [3.8, 4) is 11.4 Å². The number of aliphatic hydroxyl groups excluding tert-OH is 2.